The van der Waals surface area contributed by atoms with Gasteiger partial charge in [0.05, 0.1) is 0 Å². The maximum Gasteiger partial charge on any atom is 0.124 e. The third-order valence-electron chi connectivity index (χ3n) is 4.32. The number of nitrogens with one attached hydrogen (secondary N) is 1. The van der Waals surface area contributed by atoms with Gasteiger partial charge in [0.15, 0.2) is 0 Å². The Balaban J connectivity index is 1.70. The van der Waals surface area contributed by atoms with Gasteiger partial charge in [0.25, 0.3) is 0 Å². The molecule has 1 N–H and O–H groups in total. The van der Waals surface area contributed by atoms with E-state index >= 15 is 0 Å². The lowest BCUT2D eigenvalue weighted by atomic mass is 10.1. The molecule has 0 aromatic heterocycles. The highest BCUT2D eigenvalue weighted by Gasteiger charge is 2.06. The molecule has 0 aliphatic rings. The van der Waals surface area contributed by atoms with Gasteiger partial charge in [-0.3, -0.25) is 0 Å². The Hall–Kier alpha value is -2.33. The summed E-state index contributed by atoms with van der Waals surface area (Å²) in [6, 6.07) is 18.7. The van der Waals surface area contributed by atoms with Gasteiger partial charge in [-0.1, -0.05) is 34.1 Å². The lowest BCUT2D eigenvalue weighted by molar-refractivity contribution is 0.303. The van der Waals surface area contributed by atoms with E-state index in [1.165, 1.54) is 23.3 Å². The van der Waals surface area contributed by atoms with Gasteiger partial charge in [-0.25, -0.2) is 4.39 Å². The van der Waals surface area contributed by atoms with Crippen molar-refractivity contribution in [3.63, 3.8) is 0 Å². The minimum Gasteiger partial charge on any atom is -0.489 e. The minimum absolute atomic E-state index is 0.240. The van der Waals surface area contributed by atoms with Crippen LogP contribution in [0.2, 0.25) is 0 Å². The molecule has 3 aromatic carbocycles. The molecule has 0 saturated heterocycles. The molecule has 0 aliphatic heterocycles. The highest BCUT2D eigenvalue weighted by atomic mass is 79.9. The van der Waals surface area contributed by atoms with E-state index < -0.39 is 0 Å². The summed E-state index contributed by atoms with van der Waals surface area (Å²) in [5.41, 5.74) is 5.61. The summed E-state index contributed by atoms with van der Waals surface area (Å²) in [6.45, 7) is 5.27. The van der Waals surface area contributed by atoms with Crippen molar-refractivity contribution in [3.05, 3.63) is 93.2 Å². The molecule has 0 heterocycles. The number of anilines is 1. The largest absolute Gasteiger partial charge is 0.489 e. The van der Waals surface area contributed by atoms with Crippen LogP contribution in [0.15, 0.2) is 65.1 Å². The summed E-state index contributed by atoms with van der Waals surface area (Å²) in [4.78, 5) is 0. The first-order valence-electron chi connectivity index (χ1n) is 8.48. The third-order valence-corrected chi connectivity index (χ3v) is 4.81. The Morgan fingerprint density at radius 3 is 2.42 bits per heavy atom. The normalized spacial score (nSPS) is 10.6. The zero-order valence-corrected chi connectivity index (χ0v) is 16.4. The monoisotopic (exact) mass is 413 g/mol. The second-order valence-electron chi connectivity index (χ2n) is 6.32. The molecule has 3 rings (SSSR count). The van der Waals surface area contributed by atoms with Crippen LogP contribution in [-0.2, 0) is 13.2 Å². The Morgan fingerprint density at radius 1 is 0.923 bits per heavy atom. The molecule has 0 spiro atoms. The van der Waals surface area contributed by atoms with E-state index in [1.807, 2.05) is 18.2 Å². The van der Waals surface area contributed by atoms with E-state index in [0.29, 0.717) is 13.2 Å². The second-order valence-corrected chi connectivity index (χ2v) is 7.24. The van der Waals surface area contributed by atoms with Crippen molar-refractivity contribution in [3.8, 4) is 5.75 Å². The second kappa shape index (κ2) is 8.37. The first-order chi connectivity index (χ1) is 12.5. The zero-order valence-electron chi connectivity index (χ0n) is 14.9. The van der Waals surface area contributed by atoms with Crippen LogP contribution in [-0.4, -0.2) is 0 Å². The molecule has 0 radical (unpaired) electrons. The fraction of sp³-hybridized carbons (Fsp3) is 0.182. The summed E-state index contributed by atoms with van der Waals surface area (Å²) in [6.07, 6.45) is 0. The fourth-order valence-corrected chi connectivity index (χ4v) is 3.03. The fourth-order valence-electron chi connectivity index (χ4n) is 2.62. The molecule has 3 aromatic rings. The van der Waals surface area contributed by atoms with Gasteiger partial charge < -0.3 is 10.1 Å². The van der Waals surface area contributed by atoms with E-state index in [-0.39, 0.29) is 5.82 Å². The molecule has 26 heavy (non-hydrogen) atoms. The average Bonchev–Trinajstić information content (AvgIpc) is 2.63. The summed E-state index contributed by atoms with van der Waals surface area (Å²) in [7, 11) is 0. The minimum atomic E-state index is -0.240. The smallest absolute Gasteiger partial charge is 0.124 e. The van der Waals surface area contributed by atoms with Crippen molar-refractivity contribution in [2.45, 2.75) is 27.0 Å². The predicted octanol–water partition coefficient (Wildman–Crippen LogP) is 6.40. The van der Waals surface area contributed by atoms with E-state index in [1.54, 1.807) is 12.1 Å². The van der Waals surface area contributed by atoms with E-state index in [2.05, 4.69) is 53.3 Å². The van der Waals surface area contributed by atoms with E-state index in [4.69, 9.17) is 4.74 Å². The highest BCUT2D eigenvalue weighted by molar-refractivity contribution is 9.10. The van der Waals surface area contributed by atoms with Crippen LogP contribution in [0.5, 0.6) is 5.75 Å². The molecule has 134 valence electrons. The van der Waals surface area contributed by atoms with Crippen LogP contribution in [0.3, 0.4) is 0 Å². The molecule has 0 atom stereocenters. The van der Waals surface area contributed by atoms with Crippen LogP contribution in [0.4, 0.5) is 10.1 Å². The van der Waals surface area contributed by atoms with E-state index in [9.17, 15) is 4.39 Å². The lowest BCUT2D eigenvalue weighted by Crippen LogP contribution is -2.04. The maximum atomic E-state index is 13.0. The Kier molecular flexibility index (Phi) is 5.94. The zero-order chi connectivity index (χ0) is 18.5. The van der Waals surface area contributed by atoms with Crippen molar-refractivity contribution in [2.24, 2.45) is 0 Å². The molecular formula is C22H21BrFNO. The van der Waals surface area contributed by atoms with Crippen molar-refractivity contribution < 1.29 is 9.13 Å². The highest BCUT2D eigenvalue weighted by Crippen LogP contribution is 2.25. The molecule has 2 nitrogen and oxygen atoms in total. The summed E-state index contributed by atoms with van der Waals surface area (Å²) >= 11 is 3.52. The Labute approximate surface area is 162 Å². The summed E-state index contributed by atoms with van der Waals surface area (Å²) in [5.74, 6) is 0.574. The molecule has 4 heteroatoms. The number of hydrogen-bond donors (Lipinski definition) is 1. The van der Waals surface area contributed by atoms with Crippen molar-refractivity contribution in [1.82, 2.24) is 0 Å². The van der Waals surface area contributed by atoms with E-state index in [0.717, 1.165) is 27.0 Å². The van der Waals surface area contributed by atoms with Crippen molar-refractivity contribution >= 4 is 21.6 Å². The summed E-state index contributed by atoms with van der Waals surface area (Å²) < 4.78 is 20.0. The van der Waals surface area contributed by atoms with Gasteiger partial charge in [0.2, 0.25) is 0 Å². The van der Waals surface area contributed by atoms with Gasteiger partial charge in [0.1, 0.15) is 18.2 Å². The number of rotatable bonds is 6. The third kappa shape index (κ3) is 4.85. The predicted molar refractivity (Wildman–Crippen MR) is 108 cm³/mol. The Morgan fingerprint density at radius 2 is 1.69 bits per heavy atom. The topological polar surface area (TPSA) is 21.3 Å². The average molecular weight is 414 g/mol. The van der Waals surface area contributed by atoms with Crippen LogP contribution < -0.4 is 10.1 Å². The van der Waals surface area contributed by atoms with Crippen LogP contribution in [0, 0.1) is 19.7 Å². The SMILES string of the molecule is Cc1ccc(NCc2cc(Br)ccc2OCc2ccc(F)cc2)cc1C. The molecule has 0 unspecified atom stereocenters. The Bertz CT molecular complexity index is 893. The first-order valence-corrected chi connectivity index (χ1v) is 9.27. The summed E-state index contributed by atoms with van der Waals surface area (Å²) in [5, 5.41) is 3.45. The molecule has 0 saturated carbocycles. The number of hydrogen-bond acceptors (Lipinski definition) is 2. The number of aryl methyl sites for hydroxylation is 2. The van der Waals surface area contributed by atoms with Crippen LogP contribution >= 0.6 is 15.9 Å². The maximum absolute atomic E-state index is 13.0. The molecule has 0 aliphatic carbocycles. The van der Waals surface area contributed by atoms with Gasteiger partial charge in [-0.2, -0.15) is 0 Å². The molecule has 0 amide bonds. The van der Waals surface area contributed by atoms with Crippen LogP contribution in [0.25, 0.3) is 0 Å². The molecular weight excluding hydrogens is 393 g/mol. The molecule has 0 fully saturated rings. The number of ether oxygens (including phenoxy) is 1. The van der Waals surface area contributed by atoms with Crippen molar-refractivity contribution in [1.29, 1.82) is 0 Å². The van der Waals surface area contributed by atoms with Gasteiger partial charge in [-0.05, 0) is 73.0 Å². The standard InChI is InChI=1S/C22H21BrFNO/c1-15-3-9-21(11-16(15)2)25-13-18-12-19(23)6-10-22(18)26-14-17-4-7-20(24)8-5-17/h3-12,25H,13-14H2,1-2H3. The van der Waals surface area contributed by atoms with Crippen molar-refractivity contribution in [2.75, 3.05) is 5.32 Å². The lowest BCUT2D eigenvalue weighted by Gasteiger charge is -2.14. The number of benzene rings is 3. The first kappa shape index (κ1) is 18.5. The van der Waals surface area contributed by atoms with Crippen LogP contribution in [0.1, 0.15) is 22.3 Å². The van der Waals surface area contributed by atoms with Gasteiger partial charge in [-0.15, -0.1) is 0 Å². The van der Waals surface area contributed by atoms with Gasteiger partial charge >= 0.3 is 0 Å². The molecule has 0 bridgehead atoms. The quantitative estimate of drug-likeness (QED) is 0.504. The number of halogens is 2. The van der Waals surface area contributed by atoms with Gasteiger partial charge in [0, 0.05) is 22.3 Å².